The first-order valence-electron chi connectivity index (χ1n) is 9.85. The Hall–Kier alpha value is -2.91. The molecule has 0 spiro atoms. The van der Waals surface area contributed by atoms with E-state index < -0.39 is 18.2 Å². The molecule has 1 atom stereocenters. The topological polar surface area (TPSA) is 112 Å². The molecule has 1 aromatic carbocycles. The summed E-state index contributed by atoms with van der Waals surface area (Å²) in [5.74, 6) is -0.433. The van der Waals surface area contributed by atoms with Crippen LogP contribution in [0.5, 0.6) is 17.4 Å². The summed E-state index contributed by atoms with van der Waals surface area (Å²) < 4.78 is 18.0. The molecule has 1 aliphatic carbocycles. The van der Waals surface area contributed by atoms with Gasteiger partial charge in [0.05, 0.1) is 21.3 Å². The van der Waals surface area contributed by atoms with E-state index >= 15 is 0 Å². The number of ether oxygens (including phenoxy) is 3. The van der Waals surface area contributed by atoms with Crippen LogP contribution in [0.25, 0.3) is 6.08 Å². The molecule has 172 valence electrons. The minimum atomic E-state index is -1.14. The Bertz CT molecular complexity index is 1050. The smallest absolute Gasteiger partial charge is 0.407 e. The van der Waals surface area contributed by atoms with Gasteiger partial charge in [-0.25, -0.2) is 14.3 Å². The highest BCUT2D eigenvalue weighted by Crippen LogP contribution is 2.39. The largest absolute Gasteiger partial charge is 0.479 e. The number of carboxylic acid groups (broad SMARTS) is 1. The number of nitrogens with one attached hydrogen (secondary N) is 1. The second kappa shape index (κ2) is 10.1. The van der Waals surface area contributed by atoms with Crippen LogP contribution in [0, 0.1) is 6.92 Å². The highest BCUT2D eigenvalue weighted by Gasteiger charge is 2.23. The molecule has 11 heteroatoms. The molecule has 2 N–H and O–H groups in total. The fraction of sp³-hybridized carbons (Fsp3) is 0.381. The number of carbonyl (C=O) groups excluding carboxylic acids is 1. The van der Waals surface area contributed by atoms with E-state index in [1.165, 1.54) is 23.7 Å². The van der Waals surface area contributed by atoms with Gasteiger partial charge in [0.1, 0.15) is 12.4 Å². The SMILES string of the molecule is Cc1nn(C)c(Oc2cc(O[C@@H](C)C(=O)O)c(Cl)cc2Cl)c1C=CCOC(=O)NC1CC1. The van der Waals surface area contributed by atoms with E-state index in [0.29, 0.717) is 17.1 Å². The minimum absolute atomic E-state index is 0.0824. The van der Waals surface area contributed by atoms with E-state index in [-0.39, 0.29) is 34.2 Å². The van der Waals surface area contributed by atoms with Crippen molar-refractivity contribution in [1.29, 1.82) is 0 Å². The van der Waals surface area contributed by atoms with Crippen LogP contribution in [0.4, 0.5) is 4.79 Å². The lowest BCUT2D eigenvalue weighted by molar-refractivity contribution is -0.144. The lowest BCUT2D eigenvalue weighted by Crippen LogP contribution is -2.26. The van der Waals surface area contributed by atoms with Crippen LogP contribution in [-0.4, -0.2) is 45.7 Å². The predicted octanol–water partition coefficient (Wildman–Crippen LogP) is 4.58. The summed E-state index contributed by atoms with van der Waals surface area (Å²) in [6.07, 6.45) is 3.81. The van der Waals surface area contributed by atoms with Gasteiger partial charge in [0, 0.05) is 19.2 Å². The van der Waals surface area contributed by atoms with Gasteiger partial charge < -0.3 is 24.6 Å². The van der Waals surface area contributed by atoms with E-state index in [1.807, 2.05) is 0 Å². The molecule has 9 nitrogen and oxygen atoms in total. The number of aliphatic carboxylic acids is 1. The van der Waals surface area contributed by atoms with Crippen molar-refractivity contribution in [3.05, 3.63) is 39.5 Å². The third-order valence-corrected chi connectivity index (χ3v) is 5.14. The Morgan fingerprint density at radius 2 is 2.00 bits per heavy atom. The van der Waals surface area contributed by atoms with Gasteiger partial charge in [0.25, 0.3) is 0 Å². The highest BCUT2D eigenvalue weighted by molar-refractivity contribution is 6.36. The fourth-order valence-electron chi connectivity index (χ4n) is 2.72. The van der Waals surface area contributed by atoms with Crippen molar-refractivity contribution in [2.24, 2.45) is 7.05 Å². The first-order chi connectivity index (χ1) is 15.2. The molecule has 1 fully saturated rings. The van der Waals surface area contributed by atoms with Crippen LogP contribution in [-0.2, 0) is 16.6 Å². The Morgan fingerprint density at radius 1 is 1.31 bits per heavy atom. The van der Waals surface area contributed by atoms with Gasteiger partial charge in [-0.1, -0.05) is 23.2 Å². The van der Waals surface area contributed by atoms with E-state index in [4.69, 9.17) is 42.5 Å². The number of aryl methyl sites for hydroxylation is 2. The van der Waals surface area contributed by atoms with Gasteiger partial charge >= 0.3 is 12.1 Å². The molecule has 2 aromatic rings. The quantitative estimate of drug-likeness (QED) is 0.536. The number of carboxylic acids is 1. The fourth-order valence-corrected chi connectivity index (χ4v) is 3.18. The highest BCUT2D eigenvalue weighted by atomic mass is 35.5. The molecule has 1 aliphatic rings. The first-order valence-corrected chi connectivity index (χ1v) is 10.6. The Balaban J connectivity index is 1.76. The van der Waals surface area contributed by atoms with Gasteiger partial charge in [-0.2, -0.15) is 5.10 Å². The van der Waals surface area contributed by atoms with Gasteiger partial charge in [-0.3, -0.25) is 0 Å². The predicted molar refractivity (Wildman–Crippen MR) is 119 cm³/mol. The normalized spacial score (nSPS) is 14.3. The molecule has 32 heavy (non-hydrogen) atoms. The maximum Gasteiger partial charge on any atom is 0.407 e. The number of benzene rings is 1. The van der Waals surface area contributed by atoms with Crippen LogP contribution in [0.2, 0.25) is 10.0 Å². The summed E-state index contributed by atoms with van der Waals surface area (Å²) >= 11 is 12.4. The molecule has 1 saturated carbocycles. The number of aromatic nitrogens is 2. The number of rotatable bonds is 9. The first kappa shape index (κ1) is 23.7. The van der Waals surface area contributed by atoms with Gasteiger partial charge in [0.15, 0.2) is 11.9 Å². The number of alkyl carbamates (subject to hydrolysis) is 1. The maximum atomic E-state index is 11.6. The van der Waals surface area contributed by atoms with Crippen LogP contribution in [0.1, 0.15) is 31.0 Å². The summed E-state index contributed by atoms with van der Waals surface area (Å²) in [6, 6.07) is 3.06. The number of nitrogens with zero attached hydrogens (tertiary/aromatic N) is 2. The summed E-state index contributed by atoms with van der Waals surface area (Å²) in [6.45, 7) is 3.27. The molecule has 1 aromatic heterocycles. The maximum absolute atomic E-state index is 11.6. The van der Waals surface area contributed by atoms with Crippen LogP contribution >= 0.6 is 23.2 Å². The van der Waals surface area contributed by atoms with Crippen molar-refractivity contribution >= 4 is 41.3 Å². The molecular weight excluding hydrogens is 461 g/mol. The molecule has 0 bridgehead atoms. The zero-order valence-electron chi connectivity index (χ0n) is 17.7. The van der Waals surface area contributed by atoms with E-state index in [2.05, 4.69) is 10.4 Å². The van der Waals surface area contributed by atoms with Crippen LogP contribution in [0.3, 0.4) is 0 Å². The lowest BCUT2D eigenvalue weighted by Gasteiger charge is -2.15. The van der Waals surface area contributed by atoms with Gasteiger partial charge in [0.2, 0.25) is 5.88 Å². The number of carbonyl (C=O) groups is 2. The molecule has 0 unspecified atom stereocenters. The number of hydrogen-bond donors (Lipinski definition) is 2. The summed E-state index contributed by atoms with van der Waals surface area (Å²) in [5, 5.41) is 16.5. The van der Waals surface area contributed by atoms with Crippen molar-refractivity contribution in [3.63, 3.8) is 0 Å². The number of amides is 1. The van der Waals surface area contributed by atoms with E-state index in [9.17, 15) is 9.59 Å². The molecule has 1 amide bonds. The van der Waals surface area contributed by atoms with Crippen molar-refractivity contribution < 1.29 is 28.9 Å². The molecule has 0 radical (unpaired) electrons. The van der Waals surface area contributed by atoms with Crippen molar-refractivity contribution in [2.45, 2.75) is 38.8 Å². The zero-order valence-corrected chi connectivity index (χ0v) is 19.2. The zero-order chi connectivity index (χ0) is 23.4. The number of hydrogen-bond acceptors (Lipinski definition) is 6. The van der Waals surface area contributed by atoms with Crippen molar-refractivity contribution in [1.82, 2.24) is 15.1 Å². The van der Waals surface area contributed by atoms with Crippen LogP contribution < -0.4 is 14.8 Å². The summed E-state index contributed by atoms with van der Waals surface area (Å²) in [4.78, 5) is 22.7. The second-order valence-electron chi connectivity index (χ2n) is 7.26. The van der Waals surface area contributed by atoms with Gasteiger partial charge in [-0.05, 0) is 44.9 Å². The van der Waals surface area contributed by atoms with Crippen molar-refractivity contribution in [3.8, 4) is 17.4 Å². The number of halogens is 2. The third kappa shape index (κ3) is 6.08. The molecular formula is C21H23Cl2N3O6. The summed E-state index contributed by atoms with van der Waals surface area (Å²) in [5.41, 5.74) is 1.34. The van der Waals surface area contributed by atoms with Crippen molar-refractivity contribution in [2.75, 3.05) is 6.61 Å². The molecule has 1 heterocycles. The Labute approximate surface area is 194 Å². The molecule has 0 saturated heterocycles. The Morgan fingerprint density at radius 3 is 2.66 bits per heavy atom. The van der Waals surface area contributed by atoms with Gasteiger partial charge in [-0.15, -0.1) is 0 Å². The van der Waals surface area contributed by atoms with Crippen LogP contribution in [0.15, 0.2) is 18.2 Å². The summed E-state index contributed by atoms with van der Waals surface area (Å²) in [7, 11) is 1.70. The average Bonchev–Trinajstić information content (AvgIpc) is 3.48. The molecule has 0 aliphatic heterocycles. The lowest BCUT2D eigenvalue weighted by atomic mass is 10.2. The van der Waals surface area contributed by atoms with E-state index in [0.717, 1.165) is 12.8 Å². The Kier molecular flexibility index (Phi) is 7.52. The van der Waals surface area contributed by atoms with E-state index in [1.54, 1.807) is 26.1 Å². The molecule has 3 rings (SSSR count). The second-order valence-corrected chi connectivity index (χ2v) is 8.08. The third-order valence-electron chi connectivity index (χ3n) is 4.55. The monoisotopic (exact) mass is 483 g/mol. The standard InChI is InChI=1S/C21H23Cl2N3O6/c1-11-14(5-4-8-30-21(29)24-13-6-7-13)19(26(3)25-11)32-18-10-17(15(22)9-16(18)23)31-12(2)20(27)28/h4-5,9-10,12-13H,6-8H2,1-3H3,(H,24,29)(H,27,28)/t12-/m0/s1. The average molecular weight is 484 g/mol. The minimum Gasteiger partial charge on any atom is -0.479 e.